The van der Waals surface area contributed by atoms with E-state index in [4.69, 9.17) is 24.5 Å². The van der Waals surface area contributed by atoms with Crippen molar-refractivity contribution < 1.29 is 33.6 Å². The van der Waals surface area contributed by atoms with Crippen molar-refractivity contribution in [1.82, 2.24) is 4.90 Å². The van der Waals surface area contributed by atoms with Gasteiger partial charge in [-0.05, 0) is 17.7 Å². The van der Waals surface area contributed by atoms with Gasteiger partial charge in [-0.1, -0.05) is 47.6 Å². The summed E-state index contributed by atoms with van der Waals surface area (Å²) in [4.78, 5) is 30.0. The first-order valence-electron chi connectivity index (χ1n) is 10.8. The van der Waals surface area contributed by atoms with E-state index in [2.05, 4.69) is 10.0 Å². The molecule has 176 valence electrons. The molecule has 2 aromatic rings. The Balaban J connectivity index is 1.44. The summed E-state index contributed by atoms with van der Waals surface area (Å²) < 4.78 is 23.6. The van der Waals surface area contributed by atoms with Crippen LogP contribution in [0.5, 0.6) is 0 Å². The molecular formula is C23H22N4O7. The standard InChI is InChI=1S/C23H22N4O7/c24-26-25-10-11-31-23-17(27-20(29)14-8-4-5-9-15(14)21(27)30)18(28)19-16(33-23)12-32-22(34-19)13-6-2-1-3-7-13/h1-9,16-19,22-23,28H,10-12H2/t16?,17?,18-,19-,22?,23-/m1/s1. The molecule has 34 heavy (non-hydrogen) atoms. The molecule has 11 heteroatoms. The first-order valence-corrected chi connectivity index (χ1v) is 10.8. The summed E-state index contributed by atoms with van der Waals surface area (Å²) in [5.74, 6) is -1.11. The molecule has 5 rings (SSSR count). The summed E-state index contributed by atoms with van der Waals surface area (Å²) >= 11 is 0. The zero-order valence-corrected chi connectivity index (χ0v) is 18.0. The fourth-order valence-corrected chi connectivity index (χ4v) is 4.50. The average Bonchev–Trinajstić information content (AvgIpc) is 3.12. The van der Waals surface area contributed by atoms with Crippen molar-refractivity contribution in [1.29, 1.82) is 0 Å². The molecule has 2 aromatic carbocycles. The van der Waals surface area contributed by atoms with Crippen molar-refractivity contribution in [3.05, 3.63) is 81.7 Å². The Morgan fingerprint density at radius 3 is 2.41 bits per heavy atom. The van der Waals surface area contributed by atoms with Gasteiger partial charge in [0.05, 0.1) is 24.3 Å². The van der Waals surface area contributed by atoms with Crippen LogP contribution < -0.4 is 0 Å². The normalized spacial score (nSPS) is 30.4. The van der Waals surface area contributed by atoms with Gasteiger partial charge in [0.1, 0.15) is 24.4 Å². The molecule has 11 nitrogen and oxygen atoms in total. The molecule has 2 amide bonds. The minimum atomic E-state index is -1.32. The minimum absolute atomic E-state index is 0.0124. The lowest BCUT2D eigenvalue weighted by molar-refractivity contribution is -0.348. The van der Waals surface area contributed by atoms with E-state index in [0.717, 1.165) is 10.5 Å². The molecule has 0 saturated carbocycles. The monoisotopic (exact) mass is 466 g/mol. The number of aliphatic hydroxyl groups excluding tert-OH is 1. The number of hydrogen-bond donors (Lipinski definition) is 1. The molecule has 3 aliphatic rings. The Labute approximate surface area is 194 Å². The molecule has 0 aromatic heterocycles. The number of carbonyl (C=O) groups is 2. The van der Waals surface area contributed by atoms with Crippen molar-refractivity contribution in [3.63, 3.8) is 0 Å². The summed E-state index contributed by atoms with van der Waals surface area (Å²) in [5.41, 5.74) is 9.76. The highest BCUT2D eigenvalue weighted by Gasteiger charge is 2.55. The third-order valence-corrected chi connectivity index (χ3v) is 6.07. The van der Waals surface area contributed by atoms with Crippen LogP contribution in [0.15, 0.2) is 59.7 Å². The topological polar surface area (TPSA) is 143 Å². The molecule has 0 bridgehead atoms. The number of imide groups is 1. The van der Waals surface area contributed by atoms with Crippen molar-refractivity contribution in [2.24, 2.45) is 5.11 Å². The average molecular weight is 466 g/mol. The molecule has 6 atom stereocenters. The van der Waals surface area contributed by atoms with E-state index >= 15 is 0 Å². The molecule has 2 saturated heterocycles. The molecule has 3 aliphatic heterocycles. The van der Waals surface area contributed by atoms with E-state index in [9.17, 15) is 14.7 Å². The van der Waals surface area contributed by atoms with Crippen LogP contribution in [0.1, 0.15) is 32.6 Å². The van der Waals surface area contributed by atoms with Gasteiger partial charge in [-0.2, -0.15) is 0 Å². The van der Waals surface area contributed by atoms with Crippen LogP contribution in [0.25, 0.3) is 10.4 Å². The maximum atomic E-state index is 13.2. The van der Waals surface area contributed by atoms with Gasteiger partial charge >= 0.3 is 0 Å². The molecule has 0 aliphatic carbocycles. The van der Waals surface area contributed by atoms with Crippen LogP contribution in [0.3, 0.4) is 0 Å². The lowest BCUT2D eigenvalue weighted by Gasteiger charge is -2.49. The van der Waals surface area contributed by atoms with Crippen molar-refractivity contribution in [2.75, 3.05) is 19.8 Å². The van der Waals surface area contributed by atoms with E-state index in [0.29, 0.717) is 0 Å². The predicted octanol–water partition coefficient (Wildman–Crippen LogP) is 2.18. The predicted molar refractivity (Wildman–Crippen MR) is 115 cm³/mol. The highest BCUT2D eigenvalue weighted by molar-refractivity contribution is 6.21. The summed E-state index contributed by atoms with van der Waals surface area (Å²) in [6.07, 6.45) is -4.82. The molecule has 3 heterocycles. The minimum Gasteiger partial charge on any atom is -0.388 e. The lowest BCUT2D eigenvalue weighted by Crippen LogP contribution is -2.67. The summed E-state index contributed by atoms with van der Waals surface area (Å²) in [6, 6.07) is 14.5. The van der Waals surface area contributed by atoms with Gasteiger partial charge in [0.2, 0.25) is 0 Å². The Morgan fingerprint density at radius 2 is 1.74 bits per heavy atom. The highest BCUT2D eigenvalue weighted by Crippen LogP contribution is 2.38. The second-order valence-corrected chi connectivity index (χ2v) is 8.05. The van der Waals surface area contributed by atoms with Crippen LogP contribution in [-0.4, -0.2) is 72.2 Å². The number of amides is 2. The fourth-order valence-electron chi connectivity index (χ4n) is 4.50. The fraction of sp³-hybridized carbons (Fsp3) is 0.391. The highest BCUT2D eigenvalue weighted by atomic mass is 16.7. The third-order valence-electron chi connectivity index (χ3n) is 6.07. The van der Waals surface area contributed by atoms with Crippen LogP contribution in [0, 0.1) is 0 Å². The SMILES string of the molecule is [N-]=[N+]=NCCO[C@@H]1OC2COC(c3ccccc3)O[C@H]2[C@H](O)C1N1C(=O)c2ccccc2C1=O. The molecule has 0 spiro atoms. The van der Waals surface area contributed by atoms with E-state index in [1.807, 2.05) is 30.3 Å². The smallest absolute Gasteiger partial charge is 0.262 e. The second kappa shape index (κ2) is 9.51. The van der Waals surface area contributed by atoms with Crippen molar-refractivity contribution in [3.8, 4) is 0 Å². The second-order valence-electron chi connectivity index (χ2n) is 8.05. The quantitative estimate of drug-likeness (QED) is 0.226. The summed E-state index contributed by atoms with van der Waals surface area (Å²) in [7, 11) is 0. The van der Waals surface area contributed by atoms with Gasteiger partial charge in [-0.25, -0.2) is 0 Å². The molecule has 3 unspecified atom stereocenters. The Morgan fingerprint density at radius 1 is 1.06 bits per heavy atom. The Hall–Kier alpha value is -3.31. The van der Waals surface area contributed by atoms with E-state index in [1.165, 1.54) is 0 Å². The van der Waals surface area contributed by atoms with Crippen molar-refractivity contribution in [2.45, 2.75) is 36.9 Å². The summed E-state index contributed by atoms with van der Waals surface area (Å²) in [5, 5.41) is 14.8. The number of aliphatic hydroxyl groups is 1. The van der Waals surface area contributed by atoms with Gasteiger partial charge < -0.3 is 24.1 Å². The number of nitrogens with zero attached hydrogens (tertiary/aromatic N) is 4. The largest absolute Gasteiger partial charge is 0.388 e. The molecule has 0 radical (unpaired) electrons. The van der Waals surface area contributed by atoms with Crippen LogP contribution in [0.2, 0.25) is 0 Å². The number of ether oxygens (including phenoxy) is 4. The van der Waals surface area contributed by atoms with E-state index in [-0.39, 0.29) is 30.9 Å². The number of fused-ring (bicyclic) bond motifs is 2. The van der Waals surface area contributed by atoms with E-state index in [1.54, 1.807) is 24.3 Å². The first kappa shape index (κ1) is 22.5. The van der Waals surface area contributed by atoms with Gasteiger partial charge in [-0.15, -0.1) is 0 Å². The van der Waals surface area contributed by atoms with E-state index < -0.39 is 48.7 Å². The number of azide groups is 1. The Kier molecular flexibility index (Phi) is 6.29. The van der Waals surface area contributed by atoms with Crippen LogP contribution in [-0.2, 0) is 18.9 Å². The molecule has 1 N–H and O–H groups in total. The van der Waals surface area contributed by atoms with Crippen molar-refractivity contribution >= 4 is 11.8 Å². The lowest BCUT2D eigenvalue weighted by atomic mass is 9.94. The zero-order valence-electron chi connectivity index (χ0n) is 18.0. The third kappa shape index (κ3) is 3.94. The molecular weight excluding hydrogens is 444 g/mol. The van der Waals surface area contributed by atoms with Gasteiger partial charge in [0.15, 0.2) is 12.6 Å². The van der Waals surface area contributed by atoms with Gasteiger partial charge in [0.25, 0.3) is 11.8 Å². The number of hydrogen-bond acceptors (Lipinski definition) is 8. The summed E-state index contributed by atoms with van der Waals surface area (Å²) in [6.45, 7) is 0.0810. The van der Waals surface area contributed by atoms with Crippen LogP contribution >= 0.6 is 0 Å². The van der Waals surface area contributed by atoms with Gasteiger partial charge in [0, 0.05) is 17.0 Å². The van der Waals surface area contributed by atoms with Crippen LogP contribution in [0.4, 0.5) is 0 Å². The maximum absolute atomic E-state index is 13.2. The maximum Gasteiger partial charge on any atom is 0.262 e. The molecule has 2 fully saturated rings. The van der Waals surface area contributed by atoms with Gasteiger partial charge in [-0.3, -0.25) is 14.5 Å². The first-order chi connectivity index (χ1) is 16.6. The Bertz CT molecular complexity index is 1090. The zero-order chi connectivity index (χ0) is 23.7. The number of rotatable bonds is 6. The number of carbonyl (C=O) groups excluding carboxylic acids is 2. The number of benzene rings is 2.